The number of aryl methyl sites for hydroxylation is 1. The van der Waals surface area contributed by atoms with Crippen LogP contribution in [0.4, 0.5) is 0 Å². The molecule has 1 aliphatic rings. The predicted octanol–water partition coefficient (Wildman–Crippen LogP) is 1.66. The molecular weight excluding hydrogens is 278 g/mol. The van der Waals surface area contributed by atoms with Crippen molar-refractivity contribution in [2.45, 2.75) is 18.2 Å². The third-order valence-electron chi connectivity index (χ3n) is 3.55. The van der Waals surface area contributed by atoms with Crippen LogP contribution in [0.25, 0.3) is 0 Å². The summed E-state index contributed by atoms with van der Waals surface area (Å²) in [5.74, 6) is 0.658. The van der Waals surface area contributed by atoms with Gasteiger partial charge in [-0.15, -0.1) is 0 Å². The Morgan fingerprint density at radius 1 is 1.45 bits per heavy atom. The van der Waals surface area contributed by atoms with E-state index >= 15 is 0 Å². The Kier molecular flexibility index (Phi) is 4.67. The summed E-state index contributed by atoms with van der Waals surface area (Å²) in [6, 6.07) is 5.12. The minimum atomic E-state index is -3.53. The van der Waals surface area contributed by atoms with E-state index in [9.17, 15) is 8.42 Å². The van der Waals surface area contributed by atoms with Crippen molar-refractivity contribution in [1.82, 2.24) is 4.31 Å². The fourth-order valence-electron chi connectivity index (χ4n) is 2.34. The summed E-state index contributed by atoms with van der Waals surface area (Å²) in [6.45, 7) is 3.72. The zero-order valence-electron chi connectivity index (χ0n) is 12.1. The smallest absolute Gasteiger partial charge is 0.246 e. The highest BCUT2D eigenvalue weighted by Gasteiger charge is 2.28. The van der Waals surface area contributed by atoms with Gasteiger partial charge in [-0.2, -0.15) is 0 Å². The lowest BCUT2D eigenvalue weighted by Gasteiger charge is -2.21. The molecule has 5 nitrogen and oxygen atoms in total. The minimum absolute atomic E-state index is 0.215. The monoisotopic (exact) mass is 299 g/mol. The van der Waals surface area contributed by atoms with Gasteiger partial charge in [-0.25, -0.2) is 12.7 Å². The average molecular weight is 299 g/mol. The zero-order chi connectivity index (χ0) is 14.8. The highest BCUT2D eigenvalue weighted by molar-refractivity contribution is 7.89. The maximum absolute atomic E-state index is 12.6. The van der Waals surface area contributed by atoms with Crippen LogP contribution in [0.15, 0.2) is 23.1 Å². The molecule has 1 unspecified atom stereocenters. The number of hydrogen-bond donors (Lipinski definition) is 0. The van der Waals surface area contributed by atoms with Gasteiger partial charge in [-0.3, -0.25) is 0 Å². The Balaban J connectivity index is 2.24. The van der Waals surface area contributed by atoms with Gasteiger partial charge in [0.1, 0.15) is 10.6 Å². The number of rotatable bonds is 5. The van der Waals surface area contributed by atoms with Crippen molar-refractivity contribution in [1.29, 1.82) is 0 Å². The van der Waals surface area contributed by atoms with Gasteiger partial charge in [-0.1, -0.05) is 6.07 Å². The van der Waals surface area contributed by atoms with E-state index in [-0.39, 0.29) is 10.8 Å². The Labute approximate surface area is 120 Å². The Morgan fingerprint density at radius 2 is 2.20 bits per heavy atom. The SMILES string of the molecule is COc1cc(C)ccc1S(=O)(=O)N(C)CC1CCOC1. The summed E-state index contributed by atoms with van der Waals surface area (Å²) in [6.07, 6.45) is 0.908. The quantitative estimate of drug-likeness (QED) is 0.830. The van der Waals surface area contributed by atoms with Gasteiger partial charge in [0, 0.05) is 20.2 Å². The van der Waals surface area contributed by atoms with Crippen molar-refractivity contribution in [3.63, 3.8) is 0 Å². The molecule has 1 heterocycles. The molecule has 1 aliphatic heterocycles. The maximum Gasteiger partial charge on any atom is 0.246 e. The van der Waals surface area contributed by atoms with E-state index in [1.165, 1.54) is 11.4 Å². The first-order valence-corrected chi connectivity index (χ1v) is 8.08. The van der Waals surface area contributed by atoms with Crippen LogP contribution in [0.3, 0.4) is 0 Å². The summed E-state index contributed by atoms with van der Waals surface area (Å²) in [5.41, 5.74) is 0.965. The highest BCUT2D eigenvalue weighted by atomic mass is 32.2. The minimum Gasteiger partial charge on any atom is -0.495 e. The number of benzene rings is 1. The third-order valence-corrected chi connectivity index (χ3v) is 5.41. The number of nitrogens with zero attached hydrogens (tertiary/aromatic N) is 1. The van der Waals surface area contributed by atoms with Crippen LogP contribution < -0.4 is 4.74 Å². The molecule has 0 aliphatic carbocycles. The molecule has 1 atom stereocenters. The molecule has 112 valence electrons. The number of ether oxygens (including phenoxy) is 2. The Hall–Kier alpha value is -1.11. The predicted molar refractivity (Wildman–Crippen MR) is 76.5 cm³/mol. The lowest BCUT2D eigenvalue weighted by molar-refractivity contribution is 0.182. The second-order valence-electron chi connectivity index (χ2n) is 5.17. The van der Waals surface area contributed by atoms with Gasteiger partial charge in [0.2, 0.25) is 10.0 Å². The van der Waals surface area contributed by atoms with Crippen molar-refractivity contribution in [3.05, 3.63) is 23.8 Å². The zero-order valence-corrected chi connectivity index (χ0v) is 12.9. The molecule has 0 spiro atoms. The molecule has 1 aromatic rings. The van der Waals surface area contributed by atoms with E-state index in [2.05, 4.69) is 0 Å². The molecule has 1 aromatic carbocycles. The normalized spacial score (nSPS) is 19.5. The van der Waals surface area contributed by atoms with Crippen molar-refractivity contribution in [2.24, 2.45) is 5.92 Å². The lowest BCUT2D eigenvalue weighted by atomic mass is 10.1. The molecule has 0 bridgehead atoms. The van der Waals surface area contributed by atoms with Crippen molar-refractivity contribution < 1.29 is 17.9 Å². The molecule has 0 radical (unpaired) electrons. The van der Waals surface area contributed by atoms with E-state index < -0.39 is 10.0 Å². The second-order valence-corrected chi connectivity index (χ2v) is 7.18. The fourth-order valence-corrected chi connectivity index (χ4v) is 3.72. The van der Waals surface area contributed by atoms with Gasteiger partial charge in [0.25, 0.3) is 0 Å². The molecular formula is C14H21NO4S. The fraction of sp³-hybridized carbons (Fsp3) is 0.571. The van der Waals surface area contributed by atoms with Crippen LogP contribution in [0.2, 0.25) is 0 Å². The molecule has 6 heteroatoms. The summed E-state index contributed by atoms with van der Waals surface area (Å²) in [5, 5.41) is 0. The Bertz CT molecular complexity index is 565. The summed E-state index contributed by atoms with van der Waals surface area (Å²) < 4.78 is 37.1. The number of hydrogen-bond acceptors (Lipinski definition) is 4. The standard InChI is InChI=1S/C14H21NO4S/c1-11-4-5-14(13(8-11)18-3)20(16,17)15(2)9-12-6-7-19-10-12/h4-5,8,12H,6-7,9-10H2,1-3H3. The molecule has 0 aromatic heterocycles. The number of methoxy groups -OCH3 is 1. The highest BCUT2D eigenvalue weighted by Crippen LogP contribution is 2.28. The van der Waals surface area contributed by atoms with Gasteiger partial charge >= 0.3 is 0 Å². The van der Waals surface area contributed by atoms with Gasteiger partial charge in [0.15, 0.2) is 0 Å². The van der Waals surface area contributed by atoms with Crippen LogP contribution in [0.1, 0.15) is 12.0 Å². The van der Waals surface area contributed by atoms with Gasteiger partial charge in [0.05, 0.1) is 13.7 Å². The third kappa shape index (κ3) is 3.13. The first kappa shape index (κ1) is 15.3. The van der Waals surface area contributed by atoms with Crippen molar-refractivity contribution >= 4 is 10.0 Å². The topological polar surface area (TPSA) is 55.8 Å². The average Bonchev–Trinajstić information content (AvgIpc) is 2.91. The Morgan fingerprint density at radius 3 is 2.80 bits per heavy atom. The van der Waals surface area contributed by atoms with Gasteiger partial charge in [-0.05, 0) is 37.0 Å². The van der Waals surface area contributed by atoms with Crippen LogP contribution in [0, 0.1) is 12.8 Å². The molecule has 0 amide bonds. The van der Waals surface area contributed by atoms with E-state index in [1.54, 1.807) is 25.2 Å². The molecule has 0 N–H and O–H groups in total. The summed E-state index contributed by atoms with van der Waals surface area (Å²) >= 11 is 0. The molecule has 0 saturated carbocycles. The van der Waals surface area contributed by atoms with E-state index in [1.807, 2.05) is 6.92 Å². The summed E-state index contributed by atoms with van der Waals surface area (Å²) in [7, 11) is -0.444. The first-order valence-electron chi connectivity index (χ1n) is 6.64. The van der Waals surface area contributed by atoms with Crippen molar-refractivity contribution in [3.8, 4) is 5.75 Å². The van der Waals surface area contributed by atoms with E-state index in [0.717, 1.165) is 12.0 Å². The van der Waals surface area contributed by atoms with Crippen molar-refractivity contribution in [2.75, 3.05) is 33.9 Å². The van der Waals surface area contributed by atoms with Gasteiger partial charge < -0.3 is 9.47 Å². The van der Waals surface area contributed by atoms with Crippen LogP contribution in [0.5, 0.6) is 5.75 Å². The van der Waals surface area contributed by atoms with Crippen LogP contribution >= 0.6 is 0 Å². The molecule has 1 saturated heterocycles. The second kappa shape index (κ2) is 6.11. The lowest BCUT2D eigenvalue weighted by Crippen LogP contribution is -2.32. The molecule has 20 heavy (non-hydrogen) atoms. The largest absolute Gasteiger partial charge is 0.495 e. The molecule has 1 fully saturated rings. The van der Waals surface area contributed by atoms with E-state index in [4.69, 9.17) is 9.47 Å². The molecule has 2 rings (SSSR count). The number of sulfonamides is 1. The first-order chi connectivity index (χ1) is 9.45. The van der Waals surface area contributed by atoms with E-state index in [0.29, 0.717) is 25.5 Å². The summed E-state index contributed by atoms with van der Waals surface area (Å²) in [4.78, 5) is 0.215. The van der Waals surface area contributed by atoms with Crippen LogP contribution in [-0.4, -0.2) is 46.6 Å². The van der Waals surface area contributed by atoms with Crippen LogP contribution in [-0.2, 0) is 14.8 Å². The maximum atomic E-state index is 12.6.